The van der Waals surface area contributed by atoms with E-state index in [0.717, 1.165) is 0 Å². The Hall–Kier alpha value is -1.05. The van der Waals surface area contributed by atoms with Crippen LogP contribution < -0.4 is 4.74 Å². The van der Waals surface area contributed by atoms with Crippen LogP contribution in [0.4, 0.5) is 0 Å². The third-order valence-corrected chi connectivity index (χ3v) is 2.59. The van der Waals surface area contributed by atoms with Gasteiger partial charge in [-0.1, -0.05) is 31.2 Å². The van der Waals surface area contributed by atoms with E-state index in [4.69, 9.17) is 16.3 Å². The molecule has 80 valence electrons. The maximum absolute atomic E-state index is 5.80. The minimum Gasteiger partial charge on any atom is -0.480 e. The molecule has 0 saturated heterocycles. The van der Waals surface area contributed by atoms with E-state index in [9.17, 15) is 0 Å². The summed E-state index contributed by atoms with van der Waals surface area (Å²) in [6, 6.07) is 0. The zero-order chi connectivity index (χ0) is 11.5. The number of nitrogens with zero attached hydrogens (tertiary/aromatic N) is 2. The maximum atomic E-state index is 5.80. The number of halogens is 1. The zero-order valence-electron chi connectivity index (χ0n) is 9.26. The van der Waals surface area contributed by atoms with E-state index >= 15 is 0 Å². The van der Waals surface area contributed by atoms with E-state index in [1.54, 1.807) is 0 Å². The summed E-state index contributed by atoms with van der Waals surface area (Å²) in [5, 5.41) is 0.399. The predicted octanol–water partition coefficient (Wildman–Crippen LogP) is 2.37. The summed E-state index contributed by atoms with van der Waals surface area (Å²) in [6.07, 6.45) is 1.50. The maximum Gasteiger partial charge on any atom is 0.236 e. The smallest absolute Gasteiger partial charge is 0.236 e. The number of methoxy groups -OCH3 is 1. The van der Waals surface area contributed by atoms with E-state index < -0.39 is 8.07 Å². The zero-order valence-corrected chi connectivity index (χ0v) is 11.0. The summed E-state index contributed by atoms with van der Waals surface area (Å²) in [7, 11) is 0.122. The van der Waals surface area contributed by atoms with Crippen molar-refractivity contribution in [3.05, 3.63) is 17.0 Å². The second-order valence-corrected chi connectivity index (χ2v) is 9.21. The summed E-state index contributed by atoms with van der Waals surface area (Å²) in [4.78, 5) is 8.09. The van der Waals surface area contributed by atoms with E-state index in [1.807, 2.05) is 0 Å². The summed E-state index contributed by atoms with van der Waals surface area (Å²) in [5.74, 6) is 3.76. The highest BCUT2D eigenvalue weighted by molar-refractivity contribution is 6.83. The van der Waals surface area contributed by atoms with Crippen molar-refractivity contribution in [2.45, 2.75) is 19.6 Å². The van der Waals surface area contributed by atoms with Gasteiger partial charge in [-0.05, 0) is 5.92 Å². The average molecular weight is 241 g/mol. The molecule has 5 heteroatoms. The van der Waals surface area contributed by atoms with Crippen LogP contribution in [0.5, 0.6) is 5.88 Å². The number of aromatic nitrogens is 2. The topological polar surface area (TPSA) is 35.0 Å². The van der Waals surface area contributed by atoms with Crippen molar-refractivity contribution in [2.24, 2.45) is 0 Å². The molecule has 3 nitrogen and oxygen atoms in total. The molecular formula is C10H13ClN2OSi. The Morgan fingerprint density at radius 2 is 2.07 bits per heavy atom. The summed E-state index contributed by atoms with van der Waals surface area (Å²) < 4.78 is 4.98. The van der Waals surface area contributed by atoms with Gasteiger partial charge in [0.25, 0.3) is 0 Å². The lowest BCUT2D eigenvalue weighted by Gasteiger charge is -2.03. The van der Waals surface area contributed by atoms with Crippen LogP contribution >= 0.6 is 11.6 Å². The SMILES string of the molecule is COc1nc(C#C[Si](C)(C)C)ncc1Cl. The van der Waals surface area contributed by atoms with Gasteiger partial charge in [-0.15, -0.1) is 5.54 Å². The molecule has 0 amide bonds. The Morgan fingerprint density at radius 1 is 1.40 bits per heavy atom. The molecule has 0 radical (unpaired) electrons. The third-order valence-electron chi connectivity index (χ3n) is 1.45. The standard InChI is InChI=1S/C10H13ClN2OSi/c1-14-10-8(11)7-12-9(13-10)5-6-15(2,3)4/h7H,1-4H3. The van der Waals surface area contributed by atoms with Crippen LogP contribution in [0.3, 0.4) is 0 Å². The largest absolute Gasteiger partial charge is 0.480 e. The van der Waals surface area contributed by atoms with Crippen LogP contribution in [0.25, 0.3) is 0 Å². The molecule has 0 unspecified atom stereocenters. The molecule has 1 aromatic rings. The molecule has 0 saturated carbocycles. The molecule has 0 aliphatic rings. The number of rotatable bonds is 1. The van der Waals surface area contributed by atoms with Crippen molar-refractivity contribution in [3.8, 4) is 17.3 Å². The Kier molecular flexibility index (Phi) is 3.72. The lowest BCUT2D eigenvalue weighted by molar-refractivity contribution is 0.396. The highest BCUT2D eigenvalue weighted by Gasteiger charge is 2.08. The molecule has 0 fully saturated rings. The Balaban J connectivity index is 3.01. The first-order chi connectivity index (χ1) is 6.92. The van der Waals surface area contributed by atoms with Gasteiger partial charge in [0.2, 0.25) is 11.7 Å². The summed E-state index contributed by atoms with van der Waals surface area (Å²) in [6.45, 7) is 6.48. The van der Waals surface area contributed by atoms with E-state index in [1.165, 1.54) is 13.3 Å². The molecule has 0 N–H and O–H groups in total. The van der Waals surface area contributed by atoms with Gasteiger partial charge in [-0.25, -0.2) is 4.98 Å². The fourth-order valence-corrected chi connectivity index (χ4v) is 1.45. The van der Waals surface area contributed by atoms with Crippen LogP contribution in [-0.2, 0) is 0 Å². The molecule has 0 bridgehead atoms. The van der Waals surface area contributed by atoms with Crippen molar-refractivity contribution in [3.63, 3.8) is 0 Å². The molecule has 0 spiro atoms. The molecule has 1 aromatic heterocycles. The van der Waals surface area contributed by atoms with Gasteiger partial charge in [0.15, 0.2) is 0 Å². The second kappa shape index (κ2) is 4.64. The molecule has 0 atom stereocenters. The van der Waals surface area contributed by atoms with E-state index in [0.29, 0.717) is 16.7 Å². The van der Waals surface area contributed by atoms with Crippen LogP contribution in [0, 0.1) is 11.5 Å². The molecule has 15 heavy (non-hydrogen) atoms. The quantitative estimate of drug-likeness (QED) is 0.559. The van der Waals surface area contributed by atoms with Gasteiger partial charge >= 0.3 is 0 Å². The Labute approximate surface area is 95.9 Å². The van der Waals surface area contributed by atoms with Gasteiger partial charge in [0, 0.05) is 0 Å². The summed E-state index contributed by atoms with van der Waals surface area (Å²) >= 11 is 5.80. The molecule has 0 aliphatic heterocycles. The fourth-order valence-electron chi connectivity index (χ4n) is 0.798. The van der Waals surface area contributed by atoms with E-state index in [-0.39, 0.29) is 0 Å². The van der Waals surface area contributed by atoms with Crippen LogP contribution in [-0.4, -0.2) is 25.2 Å². The first-order valence-corrected chi connectivity index (χ1v) is 8.40. The van der Waals surface area contributed by atoms with Gasteiger partial charge in [0.1, 0.15) is 13.1 Å². The third kappa shape index (κ3) is 3.90. The van der Waals surface area contributed by atoms with Crippen molar-refractivity contribution in [2.75, 3.05) is 7.11 Å². The number of ether oxygens (including phenoxy) is 1. The molecular weight excluding hydrogens is 228 g/mol. The lowest BCUT2D eigenvalue weighted by Crippen LogP contribution is -2.16. The molecule has 1 rings (SSSR count). The number of hydrogen-bond donors (Lipinski definition) is 0. The fraction of sp³-hybridized carbons (Fsp3) is 0.400. The van der Waals surface area contributed by atoms with Crippen LogP contribution in [0.15, 0.2) is 6.20 Å². The minimum atomic E-state index is -1.40. The van der Waals surface area contributed by atoms with Gasteiger partial charge < -0.3 is 4.74 Å². The normalized spacial score (nSPS) is 10.5. The minimum absolute atomic E-state index is 0.367. The Bertz CT molecular complexity index is 418. The van der Waals surface area contributed by atoms with Crippen molar-refractivity contribution < 1.29 is 4.74 Å². The monoisotopic (exact) mass is 240 g/mol. The molecule has 0 aromatic carbocycles. The average Bonchev–Trinajstić information content (AvgIpc) is 2.15. The Morgan fingerprint density at radius 3 is 2.60 bits per heavy atom. The van der Waals surface area contributed by atoms with Crippen molar-refractivity contribution in [1.29, 1.82) is 0 Å². The molecule has 0 aliphatic carbocycles. The lowest BCUT2D eigenvalue weighted by atomic mass is 10.5. The van der Waals surface area contributed by atoms with Crippen LogP contribution in [0.2, 0.25) is 24.7 Å². The highest BCUT2D eigenvalue weighted by atomic mass is 35.5. The van der Waals surface area contributed by atoms with Crippen molar-refractivity contribution in [1.82, 2.24) is 9.97 Å². The van der Waals surface area contributed by atoms with E-state index in [2.05, 4.69) is 41.1 Å². The van der Waals surface area contributed by atoms with Gasteiger partial charge in [0.05, 0.1) is 13.3 Å². The van der Waals surface area contributed by atoms with Crippen molar-refractivity contribution >= 4 is 19.7 Å². The highest BCUT2D eigenvalue weighted by Crippen LogP contribution is 2.19. The first kappa shape index (κ1) is 12.0. The predicted molar refractivity (Wildman–Crippen MR) is 63.8 cm³/mol. The molecule has 1 heterocycles. The first-order valence-electron chi connectivity index (χ1n) is 4.52. The van der Waals surface area contributed by atoms with Gasteiger partial charge in [-0.3, -0.25) is 0 Å². The van der Waals surface area contributed by atoms with Gasteiger partial charge in [-0.2, -0.15) is 4.98 Å². The second-order valence-electron chi connectivity index (χ2n) is 4.05. The van der Waals surface area contributed by atoms with Crippen LogP contribution in [0.1, 0.15) is 5.82 Å². The number of hydrogen-bond acceptors (Lipinski definition) is 3. The summed E-state index contributed by atoms with van der Waals surface area (Å²) in [5.41, 5.74) is 3.17.